The molecule has 9 nitrogen and oxygen atoms in total. The molecule has 3 atom stereocenters. The number of anilines is 1. The number of rotatable bonds is 4. The van der Waals surface area contributed by atoms with Crippen LogP contribution in [0, 0.1) is 5.92 Å². The van der Waals surface area contributed by atoms with E-state index in [1.54, 1.807) is 36.5 Å². The zero-order chi connectivity index (χ0) is 23.2. The van der Waals surface area contributed by atoms with Gasteiger partial charge in [-0.3, -0.25) is 9.59 Å². The normalized spacial score (nSPS) is 21.9. The third-order valence-corrected chi connectivity index (χ3v) is 6.35. The SMILES string of the molecule is O=C1CCc2c(Oc3ccc4c(c3)C3C(O4)[C@@H]3C(=O)NC(=NO)c3ccccc3)ccnc2N1. The summed E-state index contributed by atoms with van der Waals surface area (Å²) in [5.41, 5.74) is 2.37. The number of hydrogen-bond donors (Lipinski definition) is 3. The Bertz CT molecular complexity index is 1340. The average molecular weight is 456 g/mol. The summed E-state index contributed by atoms with van der Waals surface area (Å²) in [6, 6.07) is 16.3. The molecule has 2 aliphatic heterocycles. The molecule has 34 heavy (non-hydrogen) atoms. The van der Waals surface area contributed by atoms with Crippen LogP contribution in [0.3, 0.4) is 0 Å². The summed E-state index contributed by atoms with van der Waals surface area (Å²) in [6.07, 6.45) is 2.28. The Morgan fingerprint density at radius 3 is 2.85 bits per heavy atom. The van der Waals surface area contributed by atoms with Crippen molar-refractivity contribution in [3.8, 4) is 17.2 Å². The number of fused-ring (bicyclic) bond motifs is 4. The van der Waals surface area contributed by atoms with Crippen LogP contribution in [0.4, 0.5) is 5.82 Å². The van der Waals surface area contributed by atoms with Crippen LogP contribution in [0.5, 0.6) is 17.2 Å². The highest BCUT2D eigenvalue weighted by molar-refractivity contribution is 6.09. The minimum atomic E-state index is -0.382. The van der Waals surface area contributed by atoms with Gasteiger partial charge in [0.25, 0.3) is 0 Å². The first-order valence-corrected chi connectivity index (χ1v) is 11.0. The lowest BCUT2D eigenvalue weighted by molar-refractivity contribution is -0.121. The van der Waals surface area contributed by atoms with Gasteiger partial charge in [-0.25, -0.2) is 4.98 Å². The molecular formula is C25H20N4O5. The molecule has 0 radical (unpaired) electrons. The monoisotopic (exact) mass is 456 g/mol. The van der Waals surface area contributed by atoms with E-state index >= 15 is 0 Å². The number of ether oxygens (including phenoxy) is 2. The molecule has 0 bridgehead atoms. The van der Waals surface area contributed by atoms with Crippen molar-refractivity contribution in [3.05, 3.63) is 77.5 Å². The summed E-state index contributed by atoms with van der Waals surface area (Å²) in [4.78, 5) is 28.8. The number of carbonyl (C=O) groups is 2. The maximum atomic E-state index is 12.9. The van der Waals surface area contributed by atoms with Crippen molar-refractivity contribution in [2.75, 3.05) is 5.32 Å². The Kier molecular flexibility index (Phi) is 4.68. The van der Waals surface area contributed by atoms with Gasteiger partial charge in [0.1, 0.15) is 29.2 Å². The Labute approximate surface area is 194 Å². The fourth-order valence-corrected chi connectivity index (χ4v) is 4.65. The van der Waals surface area contributed by atoms with Crippen molar-refractivity contribution < 1.29 is 24.3 Å². The summed E-state index contributed by atoms with van der Waals surface area (Å²) in [5, 5.41) is 18.1. The van der Waals surface area contributed by atoms with Crippen LogP contribution in [0.25, 0.3) is 0 Å². The first kappa shape index (κ1) is 20.2. The van der Waals surface area contributed by atoms with Gasteiger partial charge in [0, 0.05) is 35.2 Å². The van der Waals surface area contributed by atoms with Gasteiger partial charge in [-0.05, 0) is 30.7 Å². The molecule has 2 unspecified atom stereocenters. The lowest BCUT2D eigenvalue weighted by atomic mass is 10.1. The van der Waals surface area contributed by atoms with Crippen molar-refractivity contribution in [1.29, 1.82) is 0 Å². The maximum Gasteiger partial charge on any atom is 0.233 e. The molecule has 0 spiro atoms. The van der Waals surface area contributed by atoms with Gasteiger partial charge in [-0.15, -0.1) is 0 Å². The van der Waals surface area contributed by atoms with Gasteiger partial charge in [0.2, 0.25) is 11.8 Å². The zero-order valence-corrected chi connectivity index (χ0v) is 17.9. The Morgan fingerprint density at radius 1 is 1.18 bits per heavy atom. The third kappa shape index (κ3) is 3.42. The van der Waals surface area contributed by atoms with Gasteiger partial charge in [0.15, 0.2) is 5.84 Å². The highest BCUT2D eigenvalue weighted by atomic mass is 16.5. The molecule has 1 aromatic heterocycles. The molecule has 3 heterocycles. The molecule has 1 aliphatic carbocycles. The van der Waals surface area contributed by atoms with Crippen molar-refractivity contribution in [3.63, 3.8) is 0 Å². The maximum absolute atomic E-state index is 12.9. The molecule has 6 rings (SSSR count). The fourth-order valence-electron chi connectivity index (χ4n) is 4.65. The summed E-state index contributed by atoms with van der Waals surface area (Å²) in [5.74, 6) is 1.81. The van der Waals surface area contributed by atoms with Gasteiger partial charge < -0.3 is 25.3 Å². The number of oxime groups is 1. The van der Waals surface area contributed by atoms with Crippen LogP contribution in [-0.2, 0) is 16.0 Å². The predicted octanol–water partition coefficient (Wildman–Crippen LogP) is 3.19. The van der Waals surface area contributed by atoms with E-state index in [0.29, 0.717) is 35.7 Å². The molecule has 1 saturated carbocycles. The molecule has 1 fully saturated rings. The smallest absolute Gasteiger partial charge is 0.233 e. The van der Waals surface area contributed by atoms with Crippen LogP contribution in [-0.4, -0.2) is 33.9 Å². The second kappa shape index (κ2) is 7.87. The van der Waals surface area contributed by atoms with Crippen molar-refractivity contribution in [2.45, 2.75) is 24.9 Å². The lowest BCUT2D eigenvalue weighted by Gasteiger charge is -2.19. The Balaban J connectivity index is 1.19. The number of aromatic nitrogens is 1. The number of amides is 2. The van der Waals surface area contributed by atoms with Crippen molar-refractivity contribution >= 4 is 23.5 Å². The molecule has 3 aromatic rings. The largest absolute Gasteiger partial charge is 0.489 e. The number of nitrogens with zero attached hydrogens (tertiary/aromatic N) is 2. The molecule has 0 saturated heterocycles. The van der Waals surface area contributed by atoms with Gasteiger partial charge >= 0.3 is 0 Å². The summed E-state index contributed by atoms with van der Waals surface area (Å²) in [7, 11) is 0. The Morgan fingerprint density at radius 2 is 2.03 bits per heavy atom. The fraction of sp³-hybridized carbons (Fsp3) is 0.200. The van der Waals surface area contributed by atoms with E-state index in [4.69, 9.17) is 9.47 Å². The summed E-state index contributed by atoms with van der Waals surface area (Å²) >= 11 is 0. The van der Waals surface area contributed by atoms with Crippen LogP contribution < -0.4 is 20.1 Å². The van der Waals surface area contributed by atoms with E-state index in [1.807, 2.05) is 24.3 Å². The van der Waals surface area contributed by atoms with Gasteiger partial charge in [-0.1, -0.05) is 35.5 Å². The van der Waals surface area contributed by atoms with Gasteiger partial charge in [0.05, 0.1) is 5.92 Å². The van der Waals surface area contributed by atoms with Crippen LogP contribution in [0.15, 0.2) is 65.9 Å². The summed E-state index contributed by atoms with van der Waals surface area (Å²) < 4.78 is 12.1. The van der Waals surface area contributed by atoms with Gasteiger partial charge in [-0.2, -0.15) is 0 Å². The number of nitrogens with one attached hydrogen (secondary N) is 2. The van der Waals surface area contributed by atoms with E-state index in [0.717, 1.165) is 16.9 Å². The molecule has 170 valence electrons. The van der Waals surface area contributed by atoms with Crippen molar-refractivity contribution in [1.82, 2.24) is 10.3 Å². The Hall–Kier alpha value is -4.40. The standard InChI is InChI=1S/C25H20N4O5/c30-19-9-7-15-18(10-11-26-24(15)27-19)33-14-6-8-17-16(12-14)20-21(22(20)34-17)25(31)28-23(29-32)13-4-2-1-3-5-13/h1-6,8,10-12,20-22,32H,7,9H2,(H,26,27,30)(H,28,29,31)/t20?,21-,22?/m1/s1. The molecule has 3 N–H and O–H groups in total. The number of amidine groups is 1. The molecule has 3 aliphatic rings. The third-order valence-electron chi connectivity index (χ3n) is 6.35. The van der Waals surface area contributed by atoms with Crippen molar-refractivity contribution in [2.24, 2.45) is 11.1 Å². The van der Waals surface area contributed by atoms with Crippen LogP contribution >= 0.6 is 0 Å². The predicted molar refractivity (Wildman–Crippen MR) is 121 cm³/mol. The van der Waals surface area contributed by atoms with Crippen LogP contribution in [0.1, 0.15) is 29.0 Å². The second-order valence-electron chi connectivity index (χ2n) is 8.42. The molecule has 2 amide bonds. The number of hydrogen-bond acceptors (Lipinski definition) is 7. The zero-order valence-electron chi connectivity index (χ0n) is 17.9. The number of carbonyl (C=O) groups excluding carboxylic acids is 2. The highest BCUT2D eigenvalue weighted by Gasteiger charge is 2.62. The highest BCUT2D eigenvalue weighted by Crippen LogP contribution is 2.59. The number of benzene rings is 2. The van der Waals surface area contributed by atoms with E-state index in [2.05, 4.69) is 20.8 Å². The first-order valence-electron chi connectivity index (χ1n) is 11.0. The minimum absolute atomic E-state index is 0.0578. The second-order valence-corrected chi connectivity index (χ2v) is 8.42. The molecule has 2 aromatic carbocycles. The van der Waals surface area contributed by atoms with Crippen LogP contribution in [0.2, 0.25) is 0 Å². The quantitative estimate of drug-likeness (QED) is 0.240. The molecular weight excluding hydrogens is 436 g/mol. The van der Waals surface area contributed by atoms with E-state index in [9.17, 15) is 14.8 Å². The topological polar surface area (TPSA) is 122 Å². The first-order chi connectivity index (χ1) is 16.6. The molecule has 9 heteroatoms. The average Bonchev–Trinajstić information content (AvgIpc) is 3.45. The summed E-state index contributed by atoms with van der Waals surface area (Å²) in [6.45, 7) is 0. The van der Waals surface area contributed by atoms with E-state index in [1.165, 1.54) is 0 Å². The minimum Gasteiger partial charge on any atom is -0.489 e. The lowest BCUT2D eigenvalue weighted by Crippen LogP contribution is -2.34. The van der Waals surface area contributed by atoms with E-state index < -0.39 is 0 Å². The van der Waals surface area contributed by atoms with E-state index in [-0.39, 0.29) is 35.6 Å². The number of pyridine rings is 1.